The largest absolute Gasteiger partial charge is 0.314 e. The lowest BCUT2D eigenvalue weighted by atomic mass is 9.91. The maximum absolute atomic E-state index is 3.60. The molecule has 0 aromatic rings. The van der Waals surface area contributed by atoms with E-state index < -0.39 is 0 Å². The Bertz CT molecular complexity index is 219. The summed E-state index contributed by atoms with van der Waals surface area (Å²) < 4.78 is 0. The van der Waals surface area contributed by atoms with E-state index in [0.29, 0.717) is 11.0 Å². The first kappa shape index (κ1) is 14.0. The second-order valence-corrected chi connectivity index (χ2v) is 7.18. The summed E-state index contributed by atoms with van der Waals surface area (Å²) in [6, 6.07) is 0. The van der Waals surface area contributed by atoms with Crippen molar-refractivity contribution in [3.05, 3.63) is 0 Å². The van der Waals surface area contributed by atoms with Crippen molar-refractivity contribution in [3.63, 3.8) is 0 Å². The van der Waals surface area contributed by atoms with E-state index in [1.807, 2.05) is 0 Å². The van der Waals surface area contributed by atoms with Crippen LogP contribution in [0.3, 0.4) is 0 Å². The number of nitrogens with one attached hydrogen (secondary N) is 1. The molecule has 0 atom stereocenters. The van der Waals surface area contributed by atoms with Gasteiger partial charge < -0.3 is 5.32 Å². The van der Waals surface area contributed by atoms with Crippen LogP contribution in [-0.4, -0.2) is 36.6 Å². The summed E-state index contributed by atoms with van der Waals surface area (Å²) in [6.07, 6.45) is 1.31. The SMILES string of the molecule is CC(C)CCN1CC(C)(C)CNCC1(C)C. The van der Waals surface area contributed by atoms with Crippen LogP contribution in [0.5, 0.6) is 0 Å². The van der Waals surface area contributed by atoms with Crippen LogP contribution >= 0.6 is 0 Å². The number of hydrogen-bond acceptors (Lipinski definition) is 2. The van der Waals surface area contributed by atoms with E-state index in [4.69, 9.17) is 0 Å². The summed E-state index contributed by atoms with van der Waals surface area (Å²) in [7, 11) is 0. The molecule has 1 saturated heterocycles. The molecule has 0 spiro atoms. The van der Waals surface area contributed by atoms with Crippen LogP contribution in [0.25, 0.3) is 0 Å². The van der Waals surface area contributed by atoms with E-state index in [0.717, 1.165) is 19.0 Å². The van der Waals surface area contributed by atoms with Gasteiger partial charge >= 0.3 is 0 Å². The highest BCUT2D eigenvalue weighted by molar-refractivity contribution is 4.92. The molecule has 1 rings (SSSR count). The molecular formula is C14H30N2. The Morgan fingerprint density at radius 2 is 1.75 bits per heavy atom. The minimum absolute atomic E-state index is 0.294. The summed E-state index contributed by atoms with van der Waals surface area (Å²) in [6.45, 7) is 18.8. The molecule has 0 unspecified atom stereocenters. The van der Waals surface area contributed by atoms with Crippen molar-refractivity contribution in [1.82, 2.24) is 10.2 Å². The molecule has 0 amide bonds. The first-order chi connectivity index (χ1) is 7.23. The molecular weight excluding hydrogens is 196 g/mol. The van der Waals surface area contributed by atoms with Crippen molar-refractivity contribution in [3.8, 4) is 0 Å². The quantitative estimate of drug-likeness (QED) is 0.796. The van der Waals surface area contributed by atoms with Crippen LogP contribution in [0.1, 0.15) is 48.0 Å². The van der Waals surface area contributed by atoms with Gasteiger partial charge in [-0.15, -0.1) is 0 Å². The van der Waals surface area contributed by atoms with Crippen LogP contribution in [-0.2, 0) is 0 Å². The molecule has 2 nitrogen and oxygen atoms in total. The number of rotatable bonds is 3. The predicted molar refractivity (Wildman–Crippen MR) is 71.8 cm³/mol. The zero-order valence-corrected chi connectivity index (χ0v) is 12.1. The van der Waals surface area contributed by atoms with Gasteiger partial charge in [0.1, 0.15) is 0 Å². The second-order valence-electron chi connectivity index (χ2n) is 7.18. The van der Waals surface area contributed by atoms with E-state index in [1.54, 1.807) is 0 Å². The predicted octanol–water partition coefficient (Wildman–Crippen LogP) is 2.74. The molecule has 0 bridgehead atoms. The van der Waals surface area contributed by atoms with E-state index in [1.165, 1.54) is 19.5 Å². The van der Waals surface area contributed by atoms with Gasteiger partial charge in [0.2, 0.25) is 0 Å². The fourth-order valence-electron chi connectivity index (χ4n) is 2.40. The van der Waals surface area contributed by atoms with Crippen molar-refractivity contribution in [2.75, 3.05) is 26.2 Å². The summed E-state index contributed by atoms with van der Waals surface area (Å²) >= 11 is 0. The maximum Gasteiger partial charge on any atom is 0.0277 e. The van der Waals surface area contributed by atoms with E-state index in [9.17, 15) is 0 Å². The Labute approximate surface area is 102 Å². The van der Waals surface area contributed by atoms with E-state index >= 15 is 0 Å². The van der Waals surface area contributed by atoms with Crippen LogP contribution in [0.2, 0.25) is 0 Å². The Balaban J connectivity index is 2.66. The molecule has 0 aliphatic carbocycles. The van der Waals surface area contributed by atoms with Crippen LogP contribution in [0.15, 0.2) is 0 Å². The second kappa shape index (κ2) is 5.05. The highest BCUT2D eigenvalue weighted by Crippen LogP contribution is 2.26. The van der Waals surface area contributed by atoms with Crippen LogP contribution in [0, 0.1) is 11.3 Å². The van der Waals surface area contributed by atoms with E-state index in [-0.39, 0.29) is 0 Å². The summed E-state index contributed by atoms with van der Waals surface area (Å²) in [4.78, 5) is 2.67. The fraction of sp³-hybridized carbons (Fsp3) is 1.00. The molecule has 1 N–H and O–H groups in total. The average Bonchev–Trinajstić information content (AvgIpc) is 2.19. The summed E-state index contributed by atoms with van der Waals surface area (Å²) in [5.41, 5.74) is 0.688. The van der Waals surface area contributed by atoms with Gasteiger partial charge in [-0.3, -0.25) is 4.90 Å². The lowest BCUT2D eigenvalue weighted by Crippen LogP contribution is -2.50. The normalized spacial score (nSPS) is 25.7. The van der Waals surface area contributed by atoms with Crippen molar-refractivity contribution < 1.29 is 0 Å². The van der Waals surface area contributed by atoms with Crippen molar-refractivity contribution in [1.29, 1.82) is 0 Å². The zero-order chi connectivity index (χ0) is 12.4. The Morgan fingerprint density at radius 1 is 1.12 bits per heavy atom. The van der Waals surface area contributed by atoms with Crippen molar-refractivity contribution >= 4 is 0 Å². The van der Waals surface area contributed by atoms with Gasteiger partial charge in [-0.05, 0) is 38.1 Å². The Morgan fingerprint density at radius 3 is 2.31 bits per heavy atom. The van der Waals surface area contributed by atoms with Gasteiger partial charge in [-0.2, -0.15) is 0 Å². The van der Waals surface area contributed by atoms with Gasteiger partial charge in [0.05, 0.1) is 0 Å². The maximum atomic E-state index is 3.60. The highest BCUT2D eigenvalue weighted by atomic mass is 15.2. The molecule has 16 heavy (non-hydrogen) atoms. The van der Waals surface area contributed by atoms with Crippen molar-refractivity contribution in [2.24, 2.45) is 11.3 Å². The molecule has 0 saturated carbocycles. The minimum Gasteiger partial charge on any atom is -0.314 e. The minimum atomic E-state index is 0.294. The van der Waals surface area contributed by atoms with Crippen LogP contribution < -0.4 is 5.32 Å². The molecule has 2 heteroatoms. The van der Waals surface area contributed by atoms with Gasteiger partial charge in [-0.25, -0.2) is 0 Å². The first-order valence-electron chi connectivity index (χ1n) is 6.69. The van der Waals surface area contributed by atoms with Gasteiger partial charge in [0.25, 0.3) is 0 Å². The third-order valence-corrected chi connectivity index (χ3v) is 3.61. The molecule has 0 aromatic carbocycles. The van der Waals surface area contributed by atoms with E-state index in [2.05, 4.69) is 51.8 Å². The topological polar surface area (TPSA) is 15.3 Å². The lowest BCUT2D eigenvalue weighted by Gasteiger charge is -2.39. The zero-order valence-electron chi connectivity index (χ0n) is 12.1. The van der Waals surface area contributed by atoms with Crippen LogP contribution in [0.4, 0.5) is 0 Å². The van der Waals surface area contributed by atoms with Gasteiger partial charge in [-0.1, -0.05) is 27.7 Å². The van der Waals surface area contributed by atoms with Gasteiger partial charge in [0.15, 0.2) is 0 Å². The first-order valence-corrected chi connectivity index (χ1v) is 6.69. The molecule has 1 aliphatic rings. The molecule has 1 heterocycles. The third kappa shape index (κ3) is 4.06. The van der Waals surface area contributed by atoms with Crippen molar-refractivity contribution in [2.45, 2.75) is 53.5 Å². The third-order valence-electron chi connectivity index (χ3n) is 3.61. The summed E-state index contributed by atoms with van der Waals surface area (Å²) in [5, 5.41) is 3.60. The average molecular weight is 226 g/mol. The standard InChI is InChI=1S/C14H30N2/c1-12(2)7-8-16-11-13(3,4)9-15-10-14(16,5)6/h12,15H,7-11H2,1-6H3. The Hall–Kier alpha value is -0.0800. The Kier molecular flexibility index (Phi) is 4.42. The molecule has 0 radical (unpaired) electrons. The molecule has 96 valence electrons. The molecule has 0 aromatic heterocycles. The highest BCUT2D eigenvalue weighted by Gasteiger charge is 2.34. The molecule has 1 fully saturated rings. The molecule has 1 aliphatic heterocycles. The fourth-order valence-corrected chi connectivity index (χ4v) is 2.40. The van der Waals surface area contributed by atoms with Gasteiger partial charge in [0, 0.05) is 25.2 Å². The number of hydrogen-bond donors (Lipinski definition) is 1. The number of nitrogens with zero attached hydrogens (tertiary/aromatic N) is 1. The smallest absolute Gasteiger partial charge is 0.0277 e. The summed E-state index contributed by atoms with van der Waals surface area (Å²) in [5.74, 6) is 0.801. The lowest BCUT2D eigenvalue weighted by molar-refractivity contribution is 0.0946. The monoisotopic (exact) mass is 226 g/mol.